The van der Waals surface area contributed by atoms with Crippen LogP contribution in [0, 0.1) is 10.1 Å². The summed E-state index contributed by atoms with van der Waals surface area (Å²) in [5, 5.41) is 14.2. The van der Waals surface area contributed by atoms with Crippen molar-refractivity contribution in [2.24, 2.45) is 0 Å². The lowest BCUT2D eigenvalue weighted by molar-refractivity contribution is -0.385. The fourth-order valence-corrected chi connectivity index (χ4v) is 2.22. The third-order valence-electron chi connectivity index (χ3n) is 2.80. The number of hydrogen-bond donors (Lipinski definition) is 1. The molecule has 2 aromatic rings. The molecule has 0 atom stereocenters. The molecule has 0 aromatic heterocycles. The van der Waals surface area contributed by atoms with E-state index in [0.29, 0.717) is 6.54 Å². The lowest BCUT2D eigenvalue weighted by atomic mass is 10.2. The molecule has 2 aromatic carbocycles. The van der Waals surface area contributed by atoms with Crippen molar-refractivity contribution in [3.8, 4) is 5.75 Å². The number of nitrogens with one attached hydrogen (secondary N) is 1. The number of para-hydroxylation sites is 1. The lowest BCUT2D eigenvalue weighted by Crippen LogP contribution is -2.01. The van der Waals surface area contributed by atoms with E-state index >= 15 is 0 Å². The molecule has 0 unspecified atom stereocenters. The second-order valence-electron chi connectivity index (χ2n) is 4.10. The summed E-state index contributed by atoms with van der Waals surface area (Å²) >= 11 is 3.44. The van der Waals surface area contributed by atoms with Crippen molar-refractivity contribution >= 4 is 27.3 Å². The van der Waals surface area contributed by atoms with E-state index in [1.807, 2.05) is 24.3 Å². The zero-order valence-corrected chi connectivity index (χ0v) is 12.4. The van der Waals surface area contributed by atoms with E-state index in [9.17, 15) is 10.1 Å². The van der Waals surface area contributed by atoms with E-state index in [1.54, 1.807) is 12.1 Å². The van der Waals surface area contributed by atoms with Gasteiger partial charge in [0.25, 0.3) is 0 Å². The van der Waals surface area contributed by atoms with Gasteiger partial charge in [0, 0.05) is 22.8 Å². The van der Waals surface area contributed by atoms with Crippen molar-refractivity contribution in [1.82, 2.24) is 0 Å². The molecule has 5 nitrogen and oxygen atoms in total. The van der Waals surface area contributed by atoms with E-state index in [4.69, 9.17) is 4.74 Å². The number of benzene rings is 2. The molecular formula is C14H13BrN2O3. The molecule has 2 rings (SSSR count). The van der Waals surface area contributed by atoms with Gasteiger partial charge in [-0.3, -0.25) is 10.1 Å². The maximum Gasteiger partial charge on any atom is 0.311 e. The number of anilines is 1. The van der Waals surface area contributed by atoms with Crippen LogP contribution >= 0.6 is 15.9 Å². The predicted octanol–water partition coefficient (Wildman–Crippen LogP) is 3.98. The number of halogens is 1. The largest absolute Gasteiger partial charge is 0.490 e. The number of ether oxygens (including phenoxy) is 1. The average Bonchev–Trinajstić information content (AvgIpc) is 2.46. The maximum atomic E-state index is 11.0. The third kappa shape index (κ3) is 3.27. The van der Waals surface area contributed by atoms with Gasteiger partial charge in [0.1, 0.15) is 0 Å². The van der Waals surface area contributed by atoms with Crippen molar-refractivity contribution in [3.05, 3.63) is 62.6 Å². The van der Waals surface area contributed by atoms with Crippen molar-refractivity contribution in [3.63, 3.8) is 0 Å². The number of nitro groups is 1. The molecule has 0 aliphatic heterocycles. The first kappa shape index (κ1) is 14.3. The lowest BCUT2D eigenvalue weighted by Gasteiger charge is -2.09. The van der Waals surface area contributed by atoms with Crippen LogP contribution < -0.4 is 10.1 Å². The number of nitro benzene ring substituents is 1. The Bertz CT molecular complexity index is 632. The summed E-state index contributed by atoms with van der Waals surface area (Å²) in [7, 11) is 1.42. The molecule has 0 saturated carbocycles. The van der Waals surface area contributed by atoms with E-state index in [1.165, 1.54) is 13.2 Å². The van der Waals surface area contributed by atoms with Crippen LogP contribution in [0.15, 0.2) is 46.9 Å². The van der Waals surface area contributed by atoms with Crippen LogP contribution in [0.3, 0.4) is 0 Å². The van der Waals surface area contributed by atoms with Gasteiger partial charge in [0.05, 0.1) is 12.0 Å². The Hall–Kier alpha value is -2.08. The highest BCUT2D eigenvalue weighted by molar-refractivity contribution is 9.10. The monoisotopic (exact) mass is 336 g/mol. The first-order chi connectivity index (χ1) is 9.61. The second-order valence-corrected chi connectivity index (χ2v) is 4.95. The molecule has 0 aliphatic rings. The number of rotatable bonds is 5. The normalized spacial score (nSPS) is 10.1. The fourth-order valence-electron chi connectivity index (χ4n) is 1.79. The SMILES string of the molecule is COc1ccc(CNc2ccccc2Br)cc1[N+](=O)[O-]. The van der Waals surface area contributed by atoms with Gasteiger partial charge in [0.15, 0.2) is 5.75 Å². The minimum absolute atomic E-state index is 0.0288. The molecular weight excluding hydrogens is 324 g/mol. The molecule has 104 valence electrons. The molecule has 0 heterocycles. The highest BCUT2D eigenvalue weighted by atomic mass is 79.9. The van der Waals surface area contributed by atoms with Gasteiger partial charge in [-0.15, -0.1) is 0 Å². The minimum atomic E-state index is -0.444. The Morgan fingerprint density at radius 3 is 2.70 bits per heavy atom. The van der Waals surface area contributed by atoms with Gasteiger partial charge in [-0.1, -0.05) is 18.2 Å². The minimum Gasteiger partial charge on any atom is -0.490 e. The van der Waals surface area contributed by atoms with Crippen molar-refractivity contribution in [2.75, 3.05) is 12.4 Å². The summed E-state index contributed by atoms with van der Waals surface area (Å²) < 4.78 is 5.92. The highest BCUT2D eigenvalue weighted by Crippen LogP contribution is 2.28. The molecule has 6 heteroatoms. The summed E-state index contributed by atoms with van der Waals surface area (Å²) in [5.74, 6) is 0.264. The number of hydrogen-bond acceptors (Lipinski definition) is 4. The van der Waals surface area contributed by atoms with Gasteiger partial charge in [-0.05, 0) is 39.7 Å². The Labute approximate surface area is 124 Å². The van der Waals surface area contributed by atoms with E-state index in [0.717, 1.165) is 15.7 Å². The summed E-state index contributed by atoms with van der Waals surface area (Å²) in [6.45, 7) is 0.493. The molecule has 0 fully saturated rings. The van der Waals surface area contributed by atoms with Gasteiger partial charge in [-0.2, -0.15) is 0 Å². The third-order valence-corrected chi connectivity index (χ3v) is 3.49. The summed E-state index contributed by atoms with van der Waals surface area (Å²) in [5.41, 5.74) is 1.72. The summed E-state index contributed by atoms with van der Waals surface area (Å²) in [6, 6.07) is 12.6. The Kier molecular flexibility index (Phi) is 4.57. The molecule has 0 radical (unpaired) electrons. The van der Waals surface area contributed by atoms with Crippen LogP contribution in [-0.2, 0) is 6.54 Å². The molecule has 0 saturated heterocycles. The van der Waals surface area contributed by atoms with Crippen LogP contribution in [0.4, 0.5) is 11.4 Å². The Morgan fingerprint density at radius 1 is 1.30 bits per heavy atom. The Balaban J connectivity index is 2.16. The van der Waals surface area contributed by atoms with E-state index < -0.39 is 4.92 Å². The van der Waals surface area contributed by atoms with Crippen molar-refractivity contribution in [2.45, 2.75) is 6.54 Å². The van der Waals surface area contributed by atoms with Crippen LogP contribution in [-0.4, -0.2) is 12.0 Å². The standard InChI is InChI=1S/C14H13BrN2O3/c1-20-14-7-6-10(8-13(14)17(18)19)9-16-12-5-3-2-4-11(12)15/h2-8,16H,9H2,1H3. The smallest absolute Gasteiger partial charge is 0.311 e. The summed E-state index contributed by atoms with van der Waals surface area (Å²) in [4.78, 5) is 10.5. The van der Waals surface area contributed by atoms with Crippen molar-refractivity contribution < 1.29 is 9.66 Å². The average molecular weight is 337 g/mol. The number of methoxy groups -OCH3 is 1. The van der Waals surface area contributed by atoms with Gasteiger partial charge >= 0.3 is 5.69 Å². The van der Waals surface area contributed by atoms with E-state index in [2.05, 4.69) is 21.2 Å². The second kappa shape index (κ2) is 6.38. The van der Waals surface area contributed by atoms with Crippen LogP contribution in [0.1, 0.15) is 5.56 Å². The molecule has 0 spiro atoms. The zero-order valence-electron chi connectivity index (χ0n) is 10.8. The highest BCUT2D eigenvalue weighted by Gasteiger charge is 2.14. The van der Waals surface area contributed by atoms with Crippen molar-refractivity contribution in [1.29, 1.82) is 0 Å². The van der Waals surface area contributed by atoms with Crippen LogP contribution in [0.5, 0.6) is 5.75 Å². The zero-order chi connectivity index (χ0) is 14.5. The quantitative estimate of drug-likeness (QED) is 0.662. The Morgan fingerprint density at radius 2 is 2.05 bits per heavy atom. The molecule has 1 N–H and O–H groups in total. The maximum absolute atomic E-state index is 11.0. The number of nitrogens with zero attached hydrogens (tertiary/aromatic N) is 1. The molecule has 0 amide bonds. The van der Waals surface area contributed by atoms with Crippen LogP contribution in [0.2, 0.25) is 0 Å². The van der Waals surface area contributed by atoms with Gasteiger partial charge in [-0.25, -0.2) is 0 Å². The van der Waals surface area contributed by atoms with Crippen LogP contribution in [0.25, 0.3) is 0 Å². The predicted molar refractivity (Wildman–Crippen MR) is 81.1 cm³/mol. The fraction of sp³-hybridized carbons (Fsp3) is 0.143. The summed E-state index contributed by atoms with van der Waals surface area (Å²) in [6.07, 6.45) is 0. The van der Waals surface area contributed by atoms with E-state index in [-0.39, 0.29) is 11.4 Å². The van der Waals surface area contributed by atoms with Gasteiger partial charge < -0.3 is 10.1 Å². The first-order valence-electron chi connectivity index (χ1n) is 5.91. The molecule has 0 aliphatic carbocycles. The first-order valence-corrected chi connectivity index (χ1v) is 6.71. The molecule has 0 bridgehead atoms. The topological polar surface area (TPSA) is 64.4 Å². The molecule has 20 heavy (non-hydrogen) atoms. The van der Waals surface area contributed by atoms with Gasteiger partial charge in [0.2, 0.25) is 0 Å².